The Kier molecular flexibility index (Phi) is 9.55. The SMILES string of the molecule is C=CCCC(=N\NC(=S)NC)/C(C)=N/NC(=S)NC. The number of hydrogen-bond donors (Lipinski definition) is 4. The van der Waals surface area contributed by atoms with Gasteiger partial charge in [-0.3, -0.25) is 10.9 Å². The zero-order valence-corrected chi connectivity index (χ0v) is 13.0. The molecule has 0 saturated carbocycles. The number of hydrazone groups is 2. The van der Waals surface area contributed by atoms with Crippen molar-refractivity contribution in [2.45, 2.75) is 19.8 Å². The first-order valence-electron chi connectivity index (χ1n) is 5.72. The molecular formula is C11H20N6S2. The maximum absolute atomic E-state index is 4.96. The second kappa shape index (κ2) is 10.4. The molecule has 0 aromatic carbocycles. The van der Waals surface area contributed by atoms with Crippen LogP contribution in [-0.2, 0) is 0 Å². The minimum absolute atomic E-state index is 0.445. The quantitative estimate of drug-likeness (QED) is 0.252. The van der Waals surface area contributed by atoms with Crippen LogP contribution in [0.25, 0.3) is 0 Å². The van der Waals surface area contributed by atoms with Crippen LogP contribution in [0.1, 0.15) is 19.8 Å². The van der Waals surface area contributed by atoms with Gasteiger partial charge in [-0.15, -0.1) is 6.58 Å². The van der Waals surface area contributed by atoms with Crippen LogP contribution in [-0.4, -0.2) is 35.7 Å². The first-order chi connectivity index (χ1) is 9.04. The molecule has 0 spiro atoms. The van der Waals surface area contributed by atoms with Crippen LogP contribution >= 0.6 is 24.4 Å². The predicted octanol–water partition coefficient (Wildman–Crippen LogP) is 0.872. The van der Waals surface area contributed by atoms with Gasteiger partial charge in [-0.05, 0) is 44.2 Å². The Labute approximate surface area is 124 Å². The molecule has 0 atom stereocenters. The summed E-state index contributed by atoms with van der Waals surface area (Å²) in [5.74, 6) is 0. The van der Waals surface area contributed by atoms with Gasteiger partial charge in [-0.2, -0.15) is 10.2 Å². The summed E-state index contributed by atoms with van der Waals surface area (Å²) in [6, 6.07) is 0. The van der Waals surface area contributed by atoms with Gasteiger partial charge in [0.25, 0.3) is 0 Å². The first kappa shape index (κ1) is 17.5. The smallest absolute Gasteiger partial charge is 0.186 e. The highest BCUT2D eigenvalue weighted by Gasteiger charge is 2.04. The lowest BCUT2D eigenvalue weighted by Crippen LogP contribution is -2.32. The Morgan fingerprint density at radius 3 is 2.11 bits per heavy atom. The van der Waals surface area contributed by atoms with E-state index in [9.17, 15) is 0 Å². The third-order valence-electron chi connectivity index (χ3n) is 2.07. The van der Waals surface area contributed by atoms with E-state index in [1.54, 1.807) is 14.1 Å². The van der Waals surface area contributed by atoms with Gasteiger partial charge >= 0.3 is 0 Å². The lowest BCUT2D eigenvalue weighted by atomic mass is 10.1. The molecule has 8 heteroatoms. The fourth-order valence-corrected chi connectivity index (χ4v) is 1.08. The number of nitrogens with one attached hydrogen (secondary N) is 4. The predicted molar refractivity (Wildman–Crippen MR) is 89.6 cm³/mol. The van der Waals surface area contributed by atoms with Crippen molar-refractivity contribution < 1.29 is 0 Å². The van der Waals surface area contributed by atoms with Gasteiger partial charge in [0.15, 0.2) is 10.2 Å². The summed E-state index contributed by atoms with van der Waals surface area (Å²) in [5, 5.41) is 14.8. The Hall–Kier alpha value is -1.54. The van der Waals surface area contributed by atoms with Crippen LogP contribution in [0, 0.1) is 0 Å². The fourth-order valence-electron chi connectivity index (χ4n) is 0.986. The standard InChI is InChI=1S/C11H20N6S2/c1-5-6-7-9(15-17-11(19)13-4)8(2)14-16-10(18)12-3/h5H,1,6-7H2,2-4H3,(H2,12,16,18)(H2,13,17,19)/b14-8+,15-9+. The monoisotopic (exact) mass is 300 g/mol. The summed E-state index contributed by atoms with van der Waals surface area (Å²) in [7, 11) is 3.45. The van der Waals surface area contributed by atoms with Crippen molar-refractivity contribution in [1.29, 1.82) is 0 Å². The van der Waals surface area contributed by atoms with E-state index >= 15 is 0 Å². The van der Waals surface area contributed by atoms with Crippen LogP contribution in [0.2, 0.25) is 0 Å². The highest BCUT2D eigenvalue weighted by atomic mass is 32.1. The molecule has 0 fully saturated rings. The zero-order chi connectivity index (χ0) is 14.7. The van der Waals surface area contributed by atoms with E-state index in [1.165, 1.54) is 0 Å². The van der Waals surface area contributed by atoms with Gasteiger partial charge in [0.1, 0.15) is 0 Å². The van der Waals surface area contributed by atoms with Gasteiger partial charge < -0.3 is 10.6 Å². The second-order valence-electron chi connectivity index (χ2n) is 3.46. The third kappa shape index (κ3) is 8.22. The van der Waals surface area contributed by atoms with Crippen LogP contribution in [0.15, 0.2) is 22.9 Å². The maximum atomic E-state index is 4.96. The van der Waals surface area contributed by atoms with Crippen molar-refractivity contribution in [3.05, 3.63) is 12.7 Å². The lowest BCUT2D eigenvalue weighted by Gasteiger charge is -2.08. The first-order valence-corrected chi connectivity index (χ1v) is 6.54. The van der Waals surface area contributed by atoms with Crippen molar-refractivity contribution in [3.63, 3.8) is 0 Å². The number of allylic oxidation sites excluding steroid dienone is 1. The van der Waals surface area contributed by atoms with Crippen LogP contribution in [0.3, 0.4) is 0 Å². The molecule has 0 rings (SSSR count). The molecule has 0 amide bonds. The van der Waals surface area contributed by atoms with Gasteiger partial charge in [-0.1, -0.05) is 6.08 Å². The largest absolute Gasteiger partial charge is 0.364 e. The summed E-state index contributed by atoms with van der Waals surface area (Å²) in [6.45, 7) is 5.54. The number of thiocarbonyl (C=S) groups is 2. The maximum Gasteiger partial charge on any atom is 0.186 e. The molecule has 0 radical (unpaired) electrons. The molecule has 106 valence electrons. The molecule has 0 aliphatic heterocycles. The van der Waals surface area contributed by atoms with E-state index in [0.717, 1.165) is 17.8 Å². The number of rotatable bonds is 6. The molecule has 19 heavy (non-hydrogen) atoms. The van der Waals surface area contributed by atoms with Crippen LogP contribution < -0.4 is 21.5 Å². The minimum Gasteiger partial charge on any atom is -0.364 e. The Balaban J connectivity index is 4.75. The normalized spacial score (nSPS) is 11.5. The summed E-state index contributed by atoms with van der Waals surface area (Å²) < 4.78 is 0. The van der Waals surface area contributed by atoms with Crippen LogP contribution in [0.4, 0.5) is 0 Å². The van der Waals surface area contributed by atoms with Crippen molar-refractivity contribution in [2.75, 3.05) is 14.1 Å². The van der Waals surface area contributed by atoms with E-state index in [2.05, 4.69) is 38.3 Å². The third-order valence-corrected chi connectivity index (χ3v) is 2.67. The lowest BCUT2D eigenvalue weighted by molar-refractivity contribution is 0.950. The van der Waals surface area contributed by atoms with Crippen molar-refractivity contribution in [3.8, 4) is 0 Å². The molecule has 6 nitrogen and oxygen atoms in total. The number of nitrogens with zero attached hydrogens (tertiary/aromatic N) is 2. The molecule has 0 saturated heterocycles. The minimum atomic E-state index is 0.445. The van der Waals surface area contributed by atoms with E-state index in [4.69, 9.17) is 24.4 Å². The Bertz CT molecular complexity index is 389. The summed E-state index contributed by atoms with van der Waals surface area (Å²) in [6.07, 6.45) is 3.34. The van der Waals surface area contributed by atoms with E-state index in [-0.39, 0.29) is 0 Å². The molecular weight excluding hydrogens is 280 g/mol. The fraction of sp³-hybridized carbons (Fsp3) is 0.455. The molecule has 0 unspecified atom stereocenters. The van der Waals surface area contributed by atoms with E-state index in [0.29, 0.717) is 16.6 Å². The molecule has 0 aliphatic rings. The summed E-state index contributed by atoms with van der Waals surface area (Å²) in [5.41, 5.74) is 6.97. The van der Waals surface area contributed by atoms with Crippen molar-refractivity contribution in [2.24, 2.45) is 10.2 Å². The molecule has 0 aromatic heterocycles. The highest BCUT2D eigenvalue weighted by molar-refractivity contribution is 7.80. The van der Waals surface area contributed by atoms with Crippen LogP contribution in [0.5, 0.6) is 0 Å². The molecule has 0 aliphatic carbocycles. The topological polar surface area (TPSA) is 72.8 Å². The highest BCUT2D eigenvalue weighted by Crippen LogP contribution is 1.96. The molecule has 4 N–H and O–H groups in total. The molecule has 0 heterocycles. The molecule has 0 bridgehead atoms. The molecule has 0 aromatic rings. The van der Waals surface area contributed by atoms with Gasteiger partial charge in [0.05, 0.1) is 11.4 Å². The van der Waals surface area contributed by atoms with E-state index < -0.39 is 0 Å². The van der Waals surface area contributed by atoms with Gasteiger partial charge in [-0.25, -0.2) is 0 Å². The summed E-state index contributed by atoms with van der Waals surface area (Å²) in [4.78, 5) is 0. The number of hydrogen-bond acceptors (Lipinski definition) is 4. The zero-order valence-electron chi connectivity index (χ0n) is 11.4. The second-order valence-corrected chi connectivity index (χ2v) is 4.28. The van der Waals surface area contributed by atoms with Gasteiger partial charge in [0, 0.05) is 14.1 Å². The average Bonchev–Trinajstić information content (AvgIpc) is 2.43. The summed E-state index contributed by atoms with van der Waals surface area (Å²) >= 11 is 9.90. The Morgan fingerprint density at radius 2 is 1.63 bits per heavy atom. The Morgan fingerprint density at radius 1 is 1.11 bits per heavy atom. The van der Waals surface area contributed by atoms with E-state index in [1.807, 2.05) is 13.0 Å². The van der Waals surface area contributed by atoms with Crippen molar-refractivity contribution >= 4 is 46.1 Å². The van der Waals surface area contributed by atoms with Gasteiger partial charge in [0.2, 0.25) is 0 Å². The average molecular weight is 300 g/mol. The van der Waals surface area contributed by atoms with Crippen molar-refractivity contribution in [1.82, 2.24) is 21.5 Å².